The van der Waals surface area contributed by atoms with Crippen LogP contribution >= 0.6 is 0 Å². The maximum Gasteiger partial charge on any atom is 0.140 e. The Labute approximate surface area is 84.1 Å². The van der Waals surface area contributed by atoms with Gasteiger partial charge in [0, 0.05) is 24.8 Å². The highest BCUT2D eigenvalue weighted by Gasteiger charge is 2.16. The molecule has 3 heteroatoms. The number of nitrogens with zero attached hydrogens (tertiary/aromatic N) is 1. The van der Waals surface area contributed by atoms with Crippen molar-refractivity contribution >= 4 is 11.4 Å². The van der Waals surface area contributed by atoms with E-state index in [1.807, 2.05) is 6.07 Å². The Morgan fingerprint density at radius 3 is 3.00 bits per heavy atom. The summed E-state index contributed by atoms with van der Waals surface area (Å²) in [4.78, 5) is 2.28. The third kappa shape index (κ3) is 1.39. The van der Waals surface area contributed by atoms with Gasteiger partial charge < -0.3 is 15.7 Å². The highest BCUT2D eigenvalue weighted by molar-refractivity contribution is 5.67. The molecule has 0 saturated heterocycles. The lowest BCUT2D eigenvalue weighted by atomic mass is 10.0. The van der Waals surface area contributed by atoms with E-state index in [-0.39, 0.29) is 5.75 Å². The predicted molar refractivity (Wildman–Crippen MR) is 58.7 cm³/mol. The molecule has 0 unspecified atom stereocenters. The summed E-state index contributed by atoms with van der Waals surface area (Å²) in [7, 11) is 0. The molecule has 0 spiro atoms. The van der Waals surface area contributed by atoms with Crippen LogP contribution in [-0.4, -0.2) is 18.2 Å². The molecular formula is C11H16N2O. The topological polar surface area (TPSA) is 49.5 Å². The van der Waals surface area contributed by atoms with E-state index < -0.39 is 0 Å². The number of anilines is 2. The van der Waals surface area contributed by atoms with Crippen molar-refractivity contribution in [3.05, 3.63) is 17.7 Å². The molecule has 0 bridgehead atoms. The number of fused-ring (bicyclic) bond motifs is 1. The Hall–Kier alpha value is -1.38. The van der Waals surface area contributed by atoms with Gasteiger partial charge in [0.1, 0.15) is 5.75 Å². The largest absolute Gasteiger partial charge is 0.506 e. The number of nitrogen functional groups attached to an aromatic ring is 1. The van der Waals surface area contributed by atoms with Crippen molar-refractivity contribution in [3.8, 4) is 5.75 Å². The van der Waals surface area contributed by atoms with Crippen molar-refractivity contribution in [1.29, 1.82) is 0 Å². The van der Waals surface area contributed by atoms with Crippen LogP contribution in [0, 0.1) is 0 Å². The molecule has 1 heterocycles. The fourth-order valence-corrected chi connectivity index (χ4v) is 2.05. The second kappa shape index (κ2) is 3.40. The van der Waals surface area contributed by atoms with E-state index in [0.29, 0.717) is 5.69 Å². The number of phenolic OH excluding ortho intramolecular Hbond substituents is 1. The normalized spacial score (nSPS) is 15.4. The van der Waals surface area contributed by atoms with Crippen LogP contribution in [0.1, 0.15) is 18.9 Å². The Bertz CT molecular complexity index is 349. The number of nitrogens with two attached hydrogens (primary N) is 1. The Morgan fingerprint density at radius 2 is 2.29 bits per heavy atom. The van der Waals surface area contributed by atoms with Gasteiger partial charge in [-0.2, -0.15) is 0 Å². The zero-order chi connectivity index (χ0) is 10.1. The molecule has 0 fully saturated rings. The maximum atomic E-state index is 9.54. The summed E-state index contributed by atoms with van der Waals surface area (Å²) >= 11 is 0. The Balaban J connectivity index is 2.47. The van der Waals surface area contributed by atoms with E-state index in [4.69, 9.17) is 5.73 Å². The van der Waals surface area contributed by atoms with E-state index in [1.54, 1.807) is 6.07 Å². The summed E-state index contributed by atoms with van der Waals surface area (Å²) < 4.78 is 0. The minimum Gasteiger partial charge on any atom is -0.506 e. The second-order valence-corrected chi connectivity index (χ2v) is 3.72. The van der Waals surface area contributed by atoms with Crippen molar-refractivity contribution in [1.82, 2.24) is 0 Å². The second-order valence-electron chi connectivity index (χ2n) is 3.72. The Kier molecular flexibility index (Phi) is 2.23. The van der Waals surface area contributed by atoms with Crippen molar-refractivity contribution in [2.45, 2.75) is 19.8 Å². The van der Waals surface area contributed by atoms with Crippen LogP contribution < -0.4 is 10.6 Å². The van der Waals surface area contributed by atoms with E-state index in [9.17, 15) is 5.11 Å². The minimum absolute atomic E-state index is 0.198. The van der Waals surface area contributed by atoms with Crippen molar-refractivity contribution < 1.29 is 5.11 Å². The highest BCUT2D eigenvalue weighted by Crippen LogP contribution is 2.34. The van der Waals surface area contributed by atoms with Crippen molar-refractivity contribution in [2.75, 3.05) is 23.7 Å². The molecule has 1 aliphatic rings. The van der Waals surface area contributed by atoms with Crippen LogP contribution in [0.15, 0.2) is 12.1 Å². The molecule has 14 heavy (non-hydrogen) atoms. The average molecular weight is 192 g/mol. The summed E-state index contributed by atoms with van der Waals surface area (Å²) in [6, 6.07) is 3.68. The van der Waals surface area contributed by atoms with Gasteiger partial charge in [0.05, 0.1) is 5.69 Å². The molecule has 0 atom stereocenters. The fourth-order valence-electron chi connectivity index (χ4n) is 2.05. The number of benzene rings is 1. The predicted octanol–water partition coefficient (Wildman–Crippen LogP) is 1.75. The number of rotatable bonds is 1. The number of aromatic hydroxyl groups is 1. The fraction of sp³-hybridized carbons (Fsp3) is 0.455. The smallest absolute Gasteiger partial charge is 0.140 e. The number of hydrogen-bond acceptors (Lipinski definition) is 3. The third-order valence-corrected chi connectivity index (χ3v) is 2.82. The molecule has 0 radical (unpaired) electrons. The van der Waals surface area contributed by atoms with Crippen molar-refractivity contribution in [3.63, 3.8) is 0 Å². The van der Waals surface area contributed by atoms with E-state index in [2.05, 4.69) is 11.8 Å². The lowest BCUT2D eigenvalue weighted by molar-refractivity contribution is 0.477. The van der Waals surface area contributed by atoms with Crippen LogP contribution in [0.3, 0.4) is 0 Å². The quantitative estimate of drug-likeness (QED) is 0.526. The molecule has 0 amide bonds. The first-order valence-electron chi connectivity index (χ1n) is 5.08. The van der Waals surface area contributed by atoms with Gasteiger partial charge in [0.2, 0.25) is 0 Å². The van der Waals surface area contributed by atoms with Crippen LogP contribution in [-0.2, 0) is 6.42 Å². The van der Waals surface area contributed by atoms with Gasteiger partial charge in [-0.05, 0) is 31.4 Å². The monoisotopic (exact) mass is 192 g/mol. The number of hydrogen-bond donors (Lipinski definition) is 2. The summed E-state index contributed by atoms with van der Waals surface area (Å²) in [5.74, 6) is 0.198. The van der Waals surface area contributed by atoms with Crippen LogP contribution in [0.2, 0.25) is 0 Å². The van der Waals surface area contributed by atoms with Gasteiger partial charge in [-0.15, -0.1) is 0 Å². The third-order valence-electron chi connectivity index (χ3n) is 2.82. The molecule has 1 aliphatic heterocycles. The van der Waals surface area contributed by atoms with E-state index in [0.717, 1.165) is 25.2 Å². The molecule has 1 aromatic rings. The molecule has 0 aliphatic carbocycles. The Morgan fingerprint density at radius 1 is 1.50 bits per heavy atom. The summed E-state index contributed by atoms with van der Waals surface area (Å²) in [5, 5.41) is 9.54. The summed E-state index contributed by atoms with van der Waals surface area (Å²) in [6.07, 6.45) is 2.24. The average Bonchev–Trinajstić information content (AvgIpc) is 2.19. The number of phenols is 1. The summed E-state index contributed by atoms with van der Waals surface area (Å²) in [5.41, 5.74) is 8.55. The number of aryl methyl sites for hydroxylation is 1. The first-order chi connectivity index (χ1) is 6.72. The first kappa shape index (κ1) is 9.19. The molecular weight excluding hydrogens is 176 g/mol. The molecule has 76 valence electrons. The maximum absolute atomic E-state index is 9.54. The SMILES string of the molecule is CCN1CCCc2cc(N)c(O)cc21. The van der Waals surface area contributed by atoms with Gasteiger partial charge in [0.15, 0.2) is 0 Å². The first-order valence-corrected chi connectivity index (χ1v) is 5.08. The molecule has 1 aromatic carbocycles. The standard InChI is InChI=1S/C11H16N2O/c1-2-13-5-3-4-8-6-9(12)11(14)7-10(8)13/h6-7,14H,2-5,12H2,1H3. The highest BCUT2D eigenvalue weighted by atomic mass is 16.3. The minimum atomic E-state index is 0.198. The van der Waals surface area contributed by atoms with Crippen molar-refractivity contribution in [2.24, 2.45) is 0 Å². The zero-order valence-electron chi connectivity index (χ0n) is 8.45. The van der Waals surface area contributed by atoms with Crippen LogP contribution in [0.25, 0.3) is 0 Å². The lowest BCUT2D eigenvalue weighted by Gasteiger charge is -2.30. The van der Waals surface area contributed by atoms with Gasteiger partial charge >= 0.3 is 0 Å². The molecule has 2 rings (SSSR count). The van der Waals surface area contributed by atoms with Gasteiger partial charge in [-0.1, -0.05) is 0 Å². The van der Waals surface area contributed by atoms with E-state index >= 15 is 0 Å². The van der Waals surface area contributed by atoms with E-state index in [1.165, 1.54) is 12.0 Å². The molecule has 3 nitrogen and oxygen atoms in total. The lowest BCUT2D eigenvalue weighted by Crippen LogP contribution is -2.28. The van der Waals surface area contributed by atoms with Gasteiger partial charge in [-0.25, -0.2) is 0 Å². The molecule has 0 saturated carbocycles. The van der Waals surface area contributed by atoms with Gasteiger partial charge in [0.25, 0.3) is 0 Å². The van der Waals surface area contributed by atoms with Crippen LogP contribution in [0.4, 0.5) is 11.4 Å². The molecule has 3 N–H and O–H groups in total. The van der Waals surface area contributed by atoms with Gasteiger partial charge in [-0.3, -0.25) is 0 Å². The zero-order valence-corrected chi connectivity index (χ0v) is 8.45. The summed E-state index contributed by atoms with van der Waals surface area (Å²) in [6.45, 7) is 4.19. The molecule has 0 aromatic heterocycles. The van der Waals surface area contributed by atoms with Crippen LogP contribution in [0.5, 0.6) is 5.75 Å².